The van der Waals surface area contributed by atoms with Crippen molar-refractivity contribution in [3.63, 3.8) is 0 Å². The van der Waals surface area contributed by atoms with Crippen molar-refractivity contribution in [3.05, 3.63) is 34.9 Å². The lowest BCUT2D eigenvalue weighted by molar-refractivity contribution is 0.0913. The zero-order chi connectivity index (χ0) is 11.0. The summed E-state index contributed by atoms with van der Waals surface area (Å²) in [6, 6.07) is 6.33. The molecule has 0 heterocycles. The first-order valence-corrected chi connectivity index (χ1v) is 5.76. The molecule has 1 aromatic carbocycles. The highest BCUT2D eigenvalue weighted by atomic mass is 16.1. The fourth-order valence-corrected chi connectivity index (χ4v) is 2.19. The van der Waals surface area contributed by atoms with Crippen LogP contribution < -0.4 is 0 Å². The standard InChI is InChI=1S/C14H18O/c1-9(2)11-6-7-13-12(8-11)5-4-10(3)14(13)15/h6-10H,4-5H2,1-3H3. The van der Waals surface area contributed by atoms with Gasteiger partial charge in [0.1, 0.15) is 0 Å². The highest BCUT2D eigenvalue weighted by molar-refractivity contribution is 6.00. The van der Waals surface area contributed by atoms with Crippen LogP contribution in [0.15, 0.2) is 18.2 Å². The van der Waals surface area contributed by atoms with E-state index >= 15 is 0 Å². The molecule has 1 atom stereocenters. The number of benzene rings is 1. The molecule has 0 aromatic heterocycles. The third kappa shape index (κ3) is 1.83. The summed E-state index contributed by atoms with van der Waals surface area (Å²) in [6.45, 7) is 6.41. The average molecular weight is 202 g/mol. The number of hydrogen-bond donors (Lipinski definition) is 0. The van der Waals surface area contributed by atoms with Crippen LogP contribution in [0.1, 0.15) is 54.6 Å². The minimum Gasteiger partial charge on any atom is -0.294 e. The Bertz CT molecular complexity index is 390. The molecule has 1 aliphatic carbocycles. The lowest BCUT2D eigenvalue weighted by atomic mass is 9.82. The summed E-state index contributed by atoms with van der Waals surface area (Å²) in [5.41, 5.74) is 3.55. The minimum atomic E-state index is 0.211. The molecule has 1 nitrogen and oxygen atoms in total. The summed E-state index contributed by atoms with van der Waals surface area (Å²) in [6.07, 6.45) is 2.07. The van der Waals surface area contributed by atoms with Gasteiger partial charge < -0.3 is 0 Å². The molecule has 0 saturated heterocycles. The second-order valence-corrected chi connectivity index (χ2v) is 4.88. The molecule has 1 unspecified atom stereocenters. The molecule has 0 spiro atoms. The van der Waals surface area contributed by atoms with Crippen molar-refractivity contribution in [3.8, 4) is 0 Å². The first-order chi connectivity index (χ1) is 7.09. The van der Waals surface area contributed by atoms with Gasteiger partial charge in [0, 0.05) is 11.5 Å². The smallest absolute Gasteiger partial charge is 0.165 e. The van der Waals surface area contributed by atoms with E-state index in [4.69, 9.17) is 0 Å². The predicted molar refractivity (Wildman–Crippen MR) is 62.3 cm³/mol. The first kappa shape index (κ1) is 10.4. The van der Waals surface area contributed by atoms with E-state index in [0.29, 0.717) is 11.7 Å². The van der Waals surface area contributed by atoms with Crippen LogP contribution >= 0.6 is 0 Å². The Hall–Kier alpha value is -1.11. The van der Waals surface area contributed by atoms with Crippen molar-refractivity contribution < 1.29 is 4.79 Å². The molecule has 0 amide bonds. The van der Waals surface area contributed by atoms with Crippen molar-refractivity contribution in [2.24, 2.45) is 5.92 Å². The van der Waals surface area contributed by atoms with Gasteiger partial charge in [0.25, 0.3) is 0 Å². The number of carbonyl (C=O) groups is 1. The molecule has 0 N–H and O–H groups in total. The summed E-state index contributed by atoms with van der Waals surface area (Å²) >= 11 is 0. The normalized spacial score (nSPS) is 20.5. The number of hydrogen-bond acceptors (Lipinski definition) is 1. The first-order valence-electron chi connectivity index (χ1n) is 5.76. The van der Waals surface area contributed by atoms with Crippen molar-refractivity contribution in [1.29, 1.82) is 0 Å². The number of carbonyl (C=O) groups excluding carboxylic acids is 1. The molecule has 1 heteroatoms. The quantitative estimate of drug-likeness (QED) is 0.680. The van der Waals surface area contributed by atoms with E-state index in [9.17, 15) is 4.79 Å². The summed E-state index contributed by atoms with van der Waals surface area (Å²) in [5.74, 6) is 1.08. The molecule has 0 aliphatic heterocycles. The Morgan fingerprint density at radius 3 is 2.73 bits per heavy atom. The number of rotatable bonds is 1. The molecule has 2 rings (SSSR count). The molecule has 1 aliphatic rings. The van der Waals surface area contributed by atoms with Gasteiger partial charge in [-0.1, -0.05) is 39.0 Å². The van der Waals surface area contributed by atoms with Gasteiger partial charge in [-0.05, 0) is 29.9 Å². The Labute approximate surface area is 91.5 Å². The summed E-state index contributed by atoms with van der Waals surface area (Å²) < 4.78 is 0. The van der Waals surface area contributed by atoms with Crippen LogP contribution in [0.25, 0.3) is 0 Å². The molecule has 0 saturated carbocycles. The maximum atomic E-state index is 11.9. The average Bonchev–Trinajstić information content (AvgIpc) is 2.23. The fraction of sp³-hybridized carbons (Fsp3) is 0.500. The monoisotopic (exact) mass is 202 g/mol. The summed E-state index contributed by atoms with van der Waals surface area (Å²) in [5, 5.41) is 0. The van der Waals surface area contributed by atoms with Crippen LogP contribution in [-0.4, -0.2) is 5.78 Å². The molecular formula is C14H18O. The highest BCUT2D eigenvalue weighted by Gasteiger charge is 2.23. The maximum Gasteiger partial charge on any atom is 0.165 e. The Morgan fingerprint density at radius 1 is 1.33 bits per heavy atom. The van der Waals surface area contributed by atoms with Crippen molar-refractivity contribution in [1.82, 2.24) is 0 Å². The second kappa shape index (κ2) is 3.80. The van der Waals surface area contributed by atoms with Crippen LogP contribution in [0.2, 0.25) is 0 Å². The van der Waals surface area contributed by atoms with E-state index in [0.717, 1.165) is 18.4 Å². The second-order valence-electron chi connectivity index (χ2n) is 4.88. The van der Waals surface area contributed by atoms with Crippen LogP contribution in [0.5, 0.6) is 0 Å². The molecule has 0 fully saturated rings. The maximum absolute atomic E-state index is 11.9. The molecule has 0 bridgehead atoms. The van der Waals surface area contributed by atoms with Gasteiger partial charge in [0.15, 0.2) is 5.78 Å². The highest BCUT2D eigenvalue weighted by Crippen LogP contribution is 2.28. The lowest BCUT2D eigenvalue weighted by Crippen LogP contribution is -2.20. The lowest BCUT2D eigenvalue weighted by Gasteiger charge is -2.21. The largest absolute Gasteiger partial charge is 0.294 e. The Balaban J connectivity index is 2.43. The van der Waals surface area contributed by atoms with Gasteiger partial charge in [-0.25, -0.2) is 0 Å². The fourth-order valence-electron chi connectivity index (χ4n) is 2.19. The molecular weight excluding hydrogens is 184 g/mol. The zero-order valence-corrected chi connectivity index (χ0v) is 9.71. The van der Waals surface area contributed by atoms with Gasteiger partial charge in [-0.2, -0.15) is 0 Å². The van der Waals surface area contributed by atoms with E-state index in [2.05, 4.69) is 26.0 Å². The van der Waals surface area contributed by atoms with E-state index in [1.807, 2.05) is 13.0 Å². The molecule has 1 aromatic rings. The van der Waals surface area contributed by atoms with Gasteiger partial charge in [0.2, 0.25) is 0 Å². The van der Waals surface area contributed by atoms with Crippen LogP contribution in [0.3, 0.4) is 0 Å². The van der Waals surface area contributed by atoms with Crippen LogP contribution in [-0.2, 0) is 6.42 Å². The van der Waals surface area contributed by atoms with Crippen LogP contribution in [0.4, 0.5) is 0 Å². The van der Waals surface area contributed by atoms with Crippen molar-refractivity contribution in [2.75, 3.05) is 0 Å². The molecule has 15 heavy (non-hydrogen) atoms. The Morgan fingerprint density at radius 2 is 2.07 bits per heavy atom. The molecule has 0 radical (unpaired) electrons. The van der Waals surface area contributed by atoms with Crippen molar-refractivity contribution in [2.45, 2.75) is 39.5 Å². The number of fused-ring (bicyclic) bond motifs is 1. The summed E-state index contributed by atoms with van der Waals surface area (Å²) in [4.78, 5) is 11.9. The van der Waals surface area contributed by atoms with Gasteiger partial charge in [-0.15, -0.1) is 0 Å². The number of Topliss-reactive ketones (excluding diaryl/α,β-unsaturated/α-hetero) is 1. The minimum absolute atomic E-state index is 0.211. The number of ketones is 1. The topological polar surface area (TPSA) is 17.1 Å². The molecule has 80 valence electrons. The summed E-state index contributed by atoms with van der Waals surface area (Å²) in [7, 11) is 0. The van der Waals surface area contributed by atoms with E-state index in [1.165, 1.54) is 11.1 Å². The van der Waals surface area contributed by atoms with Gasteiger partial charge in [0.05, 0.1) is 0 Å². The zero-order valence-electron chi connectivity index (χ0n) is 9.71. The van der Waals surface area contributed by atoms with Gasteiger partial charge in [-0.3, -0.25) is 4.79 Å². The van der Waals surface area contributed by atoms with E-state index < -0.39 is 0 Å². The Kier molecular flexibility index (Phi) is 2.64. The van der Waals surface area contributed by atoms with Crippen molar-refractivity contribution >= 4 is 5.78 Å². The third-order valence-corrected chi connectivity index (χ3v) is 3.36. The third-order valence-electron chi connectivity index (χ3n) is 3.36. The predicted octanol–water partition coefficient (Wildman–Crippen LogP) is 3.58. The van der Waals surface area contributed by atoms with Gasteiger partial charge >= 0.3 is 0 Å². The van der Waals surface area contributed by atoms with E-state index in [-0.39, 0.29) is 5.92 Å². The SMILES string of the molecule is CC1CCc2cc(C(C)C)ccc2C1=O. The van der Waals surface area contributed by atoms with Crippen LogP contribution in [0, 0.1) is 5.92 Å². The number of aryl methyl sites for hydroxylation is 1. The van der Waals surface area contributed by atoms with E-state index in [1.54, 1.807) is 0 Å².